The lowest BCUT2D eigenvalue weighted by molar-refractivity contribution is -0.127. The van der Waals surface area contributed by atoms with Crippen molar-refractivity contribution in [2.24, 2.45) is 0 Å². The summed E-state index contributed by atoms with van der Waals surface area (Å²) in [5.41, 5.74) is 1.76. The molecule has 8 heteroatoms. The number of hydrogen-bond donors (Lipinski definition) is 3. The third-order valence-corrected chi connectivity index (χ3v) is 5.05. The summed E-state index contributed by atoms with van der Waals surface area (Å²) in [6, 6.07) is 7.03. The summed E-state index contributed by atoms with van der Waals surface area (Å²) < 4.78 is 41.4. The molecule has 2 aromatic carbocycles. The van der Waals surface area contributed by atoms with Crippen molar-refractivity contribution in [2.45, 2.75) is 25.3 Å². The minimum absolute atomic E-state index is 0.0308. The molecule has 1 atom stereocenters. The maximum absolute atomic E-state index is 14.3. The number of aromatic amines is 1. The molecule has 1 aromatic heterocycles. The highest BCUT2D eigenvalue weighted by atomic mass is 19.1. The zero-order valence-electron chi connectivity index (χ0n) is 15.3. The van der Waals surface area contributed by atoms with Crippen LogP contribution in [0.1, 0.15) is 18.4 Å². The molecule has 29 heavy (non-hydrogen) atoms. The molecule has 0 aliphatic carbocycles. The first-order valence-electron chi connectivity index (χ1n) is 9.25. The molecular formula is C21H18F3N3O2. The van der Waals surface area contributed by atoms with Gasteiger partial charge in [-0.25, -0.2) is 13.2 Å². The molecule has 1 saturated heterocycles. The molecule has 1 aliphatic heterocycles. The van der Waals surface area contributed by atoms with Crippen LogP contribution in [0.2, 0.25) is 0 Å². The number of aryl methyl sites for hydroxylation is 1. The van der Waals surface area contributed by atoms with Crippen LogP contribution >= 0.6 is 0 Å². The number of nitrogens with one attached hydrogen (secondary N) is 3. The van der Waals surface area contributed by atoms with Gasteiger partial charge in [-0.05, 0) is 54.3 Å². The number of H-pyrrole nitrogens is 1. The number of rotatable bonds is 5. The molecule has 4 rings (SSSR count). The van der Waals surface area contributed by atoms with Crippen molar-refractivity contribution in [1.82, 2.24) is 15.6 Å². The lowest BCUT2D eigenvalue weighted by Gasteiger charge is -2.10. The molecule has 2 heterocycles. The third kappa shape index (κ3) is 3.83. The Morgan fingerprint density at radius 2 is 1.86 bits per heavy atom. The fourth-order valence-corrected chi connectivity index (χ4v) is 3.63. The monoisotopic (exact) mass is 401 g/mol. The highest BCUT2D eigenvalue weighted by Gasteiger charge is 2.26. The van der Waals surface area contributed by atoms with E-state index in [1.807, 2.05) is 0 Å². The molecule has 5 nitrogen and oxygen atoms in total. The fourth-order valence-electron chi connectivity index (χ4n) is 3.63. The van der Waals surface area contributed by atoms with E-state index >= 15 is 0 Å². The predicted octanol–water partition coefficient (Wildman–Crippen LogP) is 3.19. The van der Waals surface area contributed by atoms with Crippen LogP contribution in [0.25, 0.3) is 22.2 Å². The zero-order chi connectivity index (χ0) is 20.5. The van der Waals surface area contributed by atoms with Crippen molar-refractivity contribution in [3.63, 3.8) is 0 Å². The van der Waals surface area contributed by atoms with Gasteiger partial charge in [0, 0.05) is 30.1 Å². The van der Waals surface area contributed by atoms with Gasteiger partial charge in [0.1, 0.15) is 23.5 Å². The highest BCUT2D eigenvalue weighted by Crippen LogP contribution is 2.33. The van der Waals surface area contributed by atoms with Gasteiger partial charge in [-0.15, -0.1) is 0 Å². The fraction of sp³-hybridized carbons (Fsp3) is 0.238. The SMILES string of the molecule is O=C(CCc1c(-c2ccc(F)cc2)[nH]c2c(F)cc(F)cc12)N[C@H]1CCNC1=O. The average molecular weight is 401 g/mol. The van der Waals surface area contributed by atoms with Crippen LogP contribution in [0.3, 0.4) is 0 Å². The Kier molecular flexibility index (Phi) is 5.00. The molecule has 1 fully saturated rings. The summed E-state index contributed by atoms with van der Waals surface area (Å²) in [5, 5.41) is 5.64. The van der Waals surface area contributed by atoms with Gasteiger partial charge in [0.05, 0.1) is 5.52 Å². The van der Waals surface area contributed by atoms with Crippen molar-refractivity contribution in [3.05, 3.63) is 59.4 Å². The molecule has 1 aliphatic rings. The number of hydrogen-bond acceptors (Lipinski definition) is 2. The summed E-state index contributed by atoms with van der Waals surface area (Å²) in [6.07, 6.45) is 0.744. The molecule has 0 saturated carbocycles. The molecule has 0 unspecified atom stereocenters. The summed E-state index contributed by atoms with van der Waals surface area (Å²) in [7, 11) is 0. The average Bonchev–Trinajstić information content (AvgIpc) is 3.24. The van der Waals surface area contributed by atoms with Crippen molar-refractivity contribution in [3.8, 4) is 11.3 Å². The van der Waals surface area contributed by atoms with E-state index in [1.54, 1.807) is 0 Å². The number of fused-ring (bicyclic) bond motifs is 1. The predicted molar refractivity (Wildman–Crippen MR) is 101 cm³/mol. The second kappa shape index (κ2) is 7.62. The van der Waals surface area contributed by atoms with E-state index in [9.17, 15) is 22.8 Å². The van der Waals surface area contributed by atoms with Gasteiger partial charge in [0.2, 0.25) is 11.8 Å². The maximum Gasteiger partial charge on any atom is 0.242 e. The quantitative estimate of drug-likeness (QED) is 0.614. The molecule has 3 aromatic rings. The summed E-state index contributed by atoms with van der Waals surface area (Å²) in [4.78, 5) is 26.9. The molecular weight excluding hydrogens is 383 g/mol. The normalized spacial score (nSPS) is 16.2. The maximum atomic E-state index is 14.3. The Balaban J connectivity index is 1.65. The van der Waals surface area contributed by atoms with Crippen LogP contribution in [0.5, 0.6) is 0 Å². The highest BCUT2D eigenvalue weighted by molar-refractivity contribution is 5.92. The van der Waals surface area contributed by atoms with Gasteiger partial charge in [-0.3, -0.25) is 9.59 Å². The van der Waals surface area contributed by atoms with Gasteiger partial charge >= 0.3 is 0 Å². The first-order chi connectivity index (χ1) is 13.9. The van der Waals surface area contributed by atoms with E-state index < -0.39 is 23.5 Å². The van der Waals surface area contributed by atoms with Crippen molar-refractivity contribution < 1.29 is 22.8 Å². The zero-order valence-corrected chi connectivity index (χ0v) is 15.3. The summed E-state index contributed by atoms with van der Waals surface area (Å²) in [6.45, 7) is 0.513. The minimum atomic E-state index is -0.748. The number of halogens is 3. The van der Waals surface area contributed by atoms with E-state index in [0.29, 0.717) is 35.2 Å². The van der Waals surface area contributed by atoms with E-state index in [4.69, 9.17) is 0 Å². The number of carbonyl (C=O) groups is 2. The molecule has 0 bridgehead atoms. The second-order valence-corrected chi connectivity index (χ2v) is 7.00. The molecule has 3 N–H and O–H groups in total. The van der Waals surface area contributed by atoms with Gasteiger partial charge in [-0.1, -0.05) is 0 Å². The lowest BCUT2D eigenvalue weighted by atomic mass is 10.0. The first kappa shape index (κ1) is 19.0. The Morgan fingerprint density at radius 3 is 2.55 bits per heavy atom. The van der Waals surface area contributed by atoms with Crippen molar-refractivity contribution >= 4 is 22.7 Å². The molecule has 0 radical (unpaired) electrons. The molecule has 2 amide bonds. The Morgan fingerprint density at radius 1 is 1.10 bits per heavy atom. The Bertz CT molecular complexity index is 1090. The minimum Gasteiger partial charge on any atom is -0.354 e. The van der Waals surface area contributed by atoms with Crippen LogP contribution in [0.4, 0.5) is 13.2 Å². The van der Waals surface area contributed by atoms with E-state index in [2.05, 4.69) is 15.6 Å². The van der Waals surface area contributed by atoms with Crippen LogP contribution in [0, 0.1) is 17.5 Å². The molecule has 150 valence electrons. The Labute approximate surface area is 164 Å². The van der Waals surface area contributed by atoms with Crippen molar-refractivity contribution in [1.29, 1.82) is 0 Å². The van der Waals surface area contributed by atoms with Crippen LogP contribution < -0.4 is 10.6 Å². The van der Waals surface area contributed by atoms with Gasteiger partial charge < -0.3 is 15.6 Å². The summed E-state index contributed by atoms with van der Waals surface area (Å²) in [5.74, 6) is -2.45. The van der Waals surface area contributed by atoms with E-state index in [-0.39, 0.29) is 30.2 Å². The Hall–Kier alpha value is -3.29. The number of amides is 2. The third-order valence-electron chi connectivity index (χ3n) is 5.05. The van der Waals surface area contributed by atoms with Gasteiger partial charge in [0.25, 0.3) is 0 Å². The number of carbonyl (C=O) groups excluding carboxylic acids is 2. The van der Waals surface area contributed by atoms with E-state index in [0.717, 1.165) is 6.07 Å². The number of aromatic nitrogens is 1. The van der Waals surface area contributed by atoms with Gasteiger partial charge in [0.15, 0.2) is 0 Å². The lowest BCUT2D eigenvalue weighted by Crippen LogP contribution is -2.40. The topological polar surface area (TPSA) is 74.0 Å². The smallest absolute Gasteiger partial charge is 0.242 e. The van der Waals surface area contributed by atoms with E-state index in [1.165, 1.54) is 30.3 Å². The summed E-state index contributed by atoms with van der Waals surface area (Å²) >= 11 is 0. The largest absolute Gasteiger partial charge is 0.354 e. The van der Waals surface area contributed by atoms with Crippen molar-refractivity contribution in [2.75, 3.05) is 6.54 Å². The second-order valence-electron chi connectivity index (χ2n) is 7.00. The van der Waals surface area contributed by atoms with Crippen LogP contribution in [-0.2, 0) is 16.0 Å². The van der Waals surface area contributed by atoms with Crippen LogP contribution in [-0.4, -0.2) is 29.4 Å². The molecule has 0 spiro atoms. The van der Waals surface area contributed by atoms with Gasteiger partial charge in [-0.2, -0.15) is 0 Å². The standard InChI is InChI=1S/C21H18F3N3O2/c22-12-3-1-11(2-4-12)19-14(15-9-13(23)10-16(24)20(15)27-19)5-6-18(28)26-17-7-8-25-21(17)29/h1-4,9-10,17,27H,5-8H2,(H,25,29)(H,26,28)/t17-/m0/s1. The number of benzene rings is 2. The van der Waals surface area contributed by atoms with Crippen LogP contribution in [0.15, 0.2) is 36.4 Å². The first-order valence-corrected chi connectivity index (χ1v) is 9.25.